The maximum atomic E-state index is 12.9. The highest BCUT2D eigenvalue weighted by atomic mass is 35.5. The van der Waals surface area contributed by atoms with Gasteiger partial charge in [-0.1, -0.05) is 41.9 Å². The number of hydrogen-bond acceptors (Lipinski definition) is 3. The molecule has 1 aliphatic rings. The molecule has 6 nitrogen and oxygen atoms in total. The molecule has 1 fully saturated rings. The van der Waals surface area contributed by atoms with Crippen LogP contribution in [-0.2, 0) is 15.1 Å². The fourth-order valence-corrected chi connectivity index (χ4v) is 2.98. The molecule has 0 unspecified atom stereocenters. The molecule has 26 heavy (non-hydrogen) atoms. The zero-order valence-electron chi connectivity index (χ0n) is 14.4. The van der Waals surface area contributed by atoms with Crippen molar-refractivity contribution in [2.24, 2.45) is 0 Å². The van der Waals surface area contributed by atoms with E-state index in [0.29, 0.717) is 16.3 Å². The van der Waals surface area contributed by atoms with Gasteiger partial charge in [-0.3, -0.25) is 14.5 Å². The molecule has 0 saturated carbocycles. The Hall–Kier alpha value is -2.86. The van der Waals surface area contributed by atoms with E-state index in [4.69, 9.17) is 11.6 Å². The number of likely N-dealkylation sites (N-methyl/N-ethyl adjacent to an activating group) is 1. The molecule has 0 aliphatic carbocycles. The van der Waals surface area contributed by atoms with Crippen molar-refractivity contribution >= 4 is 35.1 Å². The van der Waals surface area contributed by atoms with Crippen molar-refractivity contribution in [3.8, 4) is 0 Å². The maximum Gasteiger partial charge on any atom is 0.325 e. The molecule has 3 rings (SSSR count). The zero-order valence-corrected chi connectivity index (χ0v) is 15.2. The molecule has 2 aromatic rings. The molecule has 1 N–H and O–H groups in total. The summed E-state index contributed by atoms with van der Waals surface area (Å²) in [7, 11) is 1.61. The average molecular weight is 372 g/mol. The van der Waals surface area contributed by atoms with E-state index >= 15 is 0 Å². The molecule has 0 aromatic heterocycles. The summed E-state index contributed by atoms with van der Waals surface area (Å²) in [5.74, 6) is -0.834. The van der Waals surface area contributed by atoms with Crippen LogP contribution in [0, 0.1) is 0 Å². The standard InChI is InChI=1S/C19H18ClN3O3/c1-19(13-8-10-14(20)11-9-13)17(25)23(18(26)21-19)12-16(24)22(2)15-6-4-3-5-7-15/h3-11H,12H2,1-2H3,(H,21,26)/t19-/m0/s1. The minimum atomic E-state index is -1.23. The number of halogens is 1. The SMILES string of the molecule is CN(C(=O)CN1C(=O)N[C@@](C)(c2ccc(Cl)cc2)C1=O)c1ccccc1. The first-order valence-electron chi connectivity index (χ1n) is 8.04. The van der Waals surface area contributed by atoms with Gasteiger partial charge in [0.05, 0.1) is 0 Å². The first-order valence-corrected chi connectivity index (χ1v) is 8.42. The van der Waals surface area contributed by atoms with Crippen molar-refractivity contribution < 1.29 is 14.4 Å². The van der Waals surface area contributed by atoms with E-state index in [1.807, 2.05) is 18.2 Å². The number of nitrogens with zero attached hydrogens (tertiary/aromatic N) is 2. The van der Waals surface area contributed by atoms with E-state index in [1.54, 1.807) is 50.4 Å². The summed E-state index contributed by atoms with van der Waals surface area (Å²) in [6.07, 6.45) is 0. The molecule has 0 radical (unpaired) electrons. The van der Waals surface area contributed by atoms with E-state index in [2.05, 4.69) is 5.32 Å². The lowest BCUT2D eigenvalue weighted by Crippen LogP contribution is -2.43. The molecule has 7 heteroatoms. The Morgan fingerprint density at radius 1 is 1.12 bits per heavy atom. The van der Waals surface area contributed by atoms with Gasteiger partial charge < -0.3 is 10.2 Å². The van der Waals surface area contributed by atoms with Gasteiger partial charge in [0, 0.05) is 17.8 Å². The Bertz CT molecular complexity index is 854. The van der Waals surface area contributed by atoms with Crippen LogP contribution in [0.25, 0.3) is 0 Å². The van der Waals surface area contributed by atoms with Crippen LogP contribution in [0.5, 0.6) is 0 Å². The van der Waals surface area contributed by atoms with Crippen molar-refractivity contribution in [1.82, 2.24) is 10.2 Å². The fraction of sp³-hybridized carbons (Fsp3) is 0.211. The highest BCUT2D eigenvalue weighted by Crippen LogP contribution is 2.29. The molecule has 134 valence electrons. The predicted octanol–water partition coefficient (Wildman–Crippen LogP) is 2.77. The Labute approximate surface area is 156 Å². The molecular formula is C19H18ClN3O3. The lowest BCUT2D eigenvalue weighted by atomic mass is 9.92. The van der Waals surface area contributed by atoms with Crippen LogP contribution in [0.4, 0.5) is 10.5 Å². The van der Waals surface area contributed by atoms with Gasteiger partial charge >= 0.3 is 6.03 Å². The molecule has 0 bridgehead atoms. The number of nitrogens with one attached hydrogen (secondary N) is 1. The minimum Gasteiger partial charge on any atom is -0.319 e. The minimum absolute atomic E-state index is 0.334. The Kier molecular flexibility index (Phi) is 4.70. The van der Waals surface area contributed by atoms with Gasteiger partial charge in [0.15, 0.2) is 0 Å². The number of amides is 4. The number of anilines is 1. The monoisotopic (exact) mass is 371 g/mol. The van der Waals surface area contributed by atoms with Crippen LogP contribution >= 0.6 is 11.6 Å². The summed E-state index contributed by atoms with van der Waals surface area (Å²) in [6.45, 7) is 1.28. The number of imide groups is 1. The van der Waals surface area contributed by atoms with Crippen molar-refractivity contribution in [2.75, 3.05) is 18.5 Å². The highest BCUT2D eigenvalue weighted by molar-refractivity contribution is 6.30. The van der Waals surface area contributed by atoms with Crippen molar-refractivity contribution in [3.63, 3.8) is 0 Å². The van der Waals surface area contributed by atoms with Gasteiger partial charge in [-0.15, -0.1) is 0 Å². The predicted molar refractivity (Wildman–Crippen MR) is 98.9 cm³/mol. The molecular weight excluding hydrogens is 354 g/mol. The third-order valence-electron chi connectivity index (χ3n) is 4.51. The second-order valence-electron chi connectivity index (χ2n) is 6.24. The van der Waals surface area contributed by atoms with Gasteiger partial charge in [0.1, 0.15) is 12.1 Å². The van der Waals surface area contributed by atoms with Crippen LogP contribution in [-0.4, -0.2) is 36.3 Å². The number of carbonyl (C=O) groups is 3. The highest BCUT2D eigenvalue weighted by Gasteiger charge is 2.49. The van der Waals surface area contributed by atoms with Crippen molar-refractivity contribution in [3.05, 3.63) is 65.2 Å². The van der Waals surface area contributed by atoms with Crippen LogP contribution < -0.4 is 10.2 Å². The molecule has 1 heterocycles. The van der Waals surface area contributed by atoms with E-state index in [0.717, 1.165) is 4.90 Å². The number of carbonyl (C=O) groups excluding carboxylic acids is 3. The Morgan fingerprint density at radius 2 is 1.73 bits per heavy atom. The van der Waals surface area contributed by atoms with Crippen LogP contribution in [0.1, 0.15) is 12.5 Å². The third kappa shape index (κ3) is 3.15. The number of para-hydroxylation sites is 1. The Morgan fingerprint density at radius 3 is 2.35 bits per heavy atom. The number of rotatable bonds is 4. The second-order valence-corrected chi connectivity index (χ2v) is 6.68. The van der Waals surface area contributed by atoms with Crippen LogP contribution in [0.2, 0.25) is 5.02 Å². The van der Waals surface area contributed by atoms with E-state index in [-0.39, 0.29) is 12.5 Å². The van der Waals surface area contributed by atoms with Gasteiger partial charge in [-0.05, 0) is 36.8 Å². The fourth-order valence-electron chi connectivity index (χ4n) is 2.86. The first kappa shape index (κ1) is 17.9. The summed E-state index contributed by atoms with van der Waals surface area (Å²) in [5, 5.41) is 3.21. The van der Waals surface area contributed by atoms with E-state index in [1.165, 1.54) is 4.90 Å². The Balaban J connectivity index is 1.79. The largest absolute Gasteiger partial charge is 0.325 e. The van der Waals surface area contributed by atoms with Gasteiger partial charge in [0.2, 0.25) is 5.91 Å². The average Bonchev–Trinajstić information content (AvgIpc) is 2.86. The van der Waals surface area contributed by atoms with Crippen LogP contribution in [0.15, 0.2) is 54.6 Å². The van der Waals surface area contributed by atoms with Gasteiger partial charge in [-0.2, -0.15) is 0 Å². The third-order valence-corrected chi connectivity index (χ3v) is 4.76. The number of hydrogen-bond donors (Lipinski definition) is 1. The molecule has 2 aromatic carbocycles. The lowest BCUT2D eigenvalue weighted by Gasteiger charge is -2.23. The summed E-state index contributed by atoms with van der Waals surface area (Å²) >= 11 is 5.89. The van der Waals surface area contributed by atoms with Gasteiger partial charge in [-0.25, -0.2) is 4.79 Å². The first-order chi connectivity index (χ1) is 12.3. The molecule has 1 aliphatic heterocycles. The quantitative estimate of drug-likeness (QED) is 0.840. The van der Waals surface area contributed by atoms with E-state index in [9.17, 15) is 14.4 Å². The second kappa shape index (κ2) is 6.80. The van der Waals surface area contributed by atoms with Gasteiger partial charge in [0.25, 0.3) is 5.91 Å². The summed E-state index contributed by atoms with van der Waals surface area (Å²) in [6, 6.07) is 15.1. The zero-order chi connectivity index (χ0) is 18.9. The smallest absolute Gasteiger partial charge is 0.319 e. The summed E-state index contributed by atoms with van der Waals surface area (Å²) in [4.78, 5) is 40.1. The summed E-state index contributed by atoms with van der Waals surface area (Å²) in [5.41, 5.74) is 0.0596. The van der Waals surface area contributed by atoms with E-state index < -0.39 is 17.5 Å². The maximum absolute atomic E-state index is 12.9. The van der Waals surface area contributed by atoms with Crippen LogP contribution in [0.3, 0.4) is 0 Å². The summed E-state index contributed by atoms with van der Waals surface area (Å²) < 4.78 is 0. The normalized spacial score (nSPS) is 19.4. The molecule has 1 saturated heterocycles. The number of urea groups is 1. The lowest BCUT2D eigenvalue weighted by molar-refractivity contribution is -0.134. The molecule has 4 amide bonds. The molecule has 1 atom stereocenters. The topological polar surface area (TPSA) is 69.7 Å². The van der Waals surface area contributed by atoms with Crippen molar-refractivity contribution in [2.45, 2.75) is 12.5 Å². The number of benzene rings is 2. The van der Waals surface area contributed by atoms with Crippen molar-refractivity contribution in [1.29, 1.82) is 0 Å². The molecule has 0 spiro atoms.